The van der Waals surface area contributed by atoms with Crippen LogP contribution in [0.4, 0.5) is 0 Å². The van der Waals surface area contributed by atoms with Crippen molar-refractivity contribution in [2.75, 3.05) is 33.3 Å². The molecule has 2 aromatic carbocycles. The maximum absolute atomic E-state index is 12.4. The first-order valence-electron chi connectivity index (χ1n) is 9.31. The minimum atomic E-state index is -0.0725. The molecule has 0 bridgehead atoms. The van der Waals surface area contributed by atoms with Crippen molar-refractivity contribution >= 4 is 41.3 Å². The maximum atomic E-state index is 12.4. The van der Waals surface area contributed by atoms with E-state index in [1.165, 1.54) is 6.08 Å². The topological polar surface area (TPSA) is 49.9 Å². The van der Waals surface area contributed by atoms with Gasteiger partial charge in [0.2, 0.25) is 11.8 Å². The van der Waals surface area contributed by atoms with Crippen molar-refractivity contribution in [3.63, 3.8) is 0 Å². The van der Waals surface area contributed by atoms with Crippen molar-refractivity contribution in [3.8, 4) is 5.75 Å². The van der Waals surface area contributed by atoms with Crippen LogP contribution in [0.2, 0.25) is 5.02 Å². The number of amides is 2. The summed E-state index contributed by atoms with van der Waals surface area (Å²) in [6.07, 6.45) is 3.28. The van der Waals surface area contributed by atoms with Crippen molar-refractivity contribution in [1.29, 1.82) is 0 Å². The molecule has 1 saturated heterocycles. The summed E-state index contributed by atoms with van der Waals surface area (Å²) >= 11 is 8.00. The molecule has 1 heterocycles. The lowest BCUT2D eigenvalue weighted by Gasteiger charge is -2.33. The van der Waals surface area contributed by atoms with Gasteiger partial charge in [-0.05, 0) is 35.9 Å². The number of nitrogens with zero attached hydrogens (tertiary/aromatic N) is 2. The van der Waals surface area contributed by atoms with Crippen molar-refractivity contribution < 1.29 is 14.3 Å². The third kappa shape index (κ3) is 5.55. The molecule has 0 saturated carbocycles. The third-order valence-electron chi connectivity index (χ3n) is 4.71. The van der Waals surface area contributed by atoms with Crippen LogP contribution in [0.3, 0.4) is 0 Å². The number of carbonyl (C=O) groups is 2. The van der Waals surface area contributed by atoms with Gasteiger partial charge in [0.05, 0.1) is 12.0 Å². The number of piperazine rings is 1. The Kier molecular flexibility index (Phi) is 7.23. The van der Waals surface area contributed by atoms with Crippen molar-refractivity contribution in [3.05, 3.63) is 59.1 Å². The van der Waals surface area contributed by atoms with Crippen molar-refractivity contribution in [2.24, 2.45) is 0 Å². The standard InChI is InChI=1S/C22H23ClN2O3S/c1-16(26)24-11-13-25(14-12-24)22(27)10-8-17-7-9-18(15-19(17)23)29-21-6-4-3-5-20(21)28-2/h3-10,15H,11-14H2,1-2H3/b10-8+. The summed E-state index contributed by atoms with van der Waals surface area (Å²) in [5.41, 5.74) is 0.784. The van der Waals surface area contributed by atoms with Crippen LogP contribution in [0.1, 0.15) is 12.5 Å². The highest BCUT2D eigenvalue weighted by Gasteiger charge is 2.20. The summed E-state index contributed by atoms with van der Waals surface area (Å²) in [6.45, 7) is 3.79. The second-order valence-corrected chi connectivity index (χ2v) is 8.12. The van der Waals surface area contributed by atoms with E-state index in [4.69, 9.17) is 16.3 Å². The van der Waals surface area contributed by atoms with Gasteiger partial charge in [0.1, 0.15) is 5.75 Å². The van der Waals surface area contributed by atoms with Gasteiger partial charge in [0.15, 0.2) is 0 Å². The zero-order valence-electron chi connectivity index (χ0n) is 16.4. The van der Waals surface area contributed by atoms with Gasteiger partial charge in [-0.2, -0.15) is 0 Å². The zero-order chi connectivity index (χ0) is 20.8. The van der Waals surface area contributed by atoms with Gasteiger partial charge in [0, 0.05) is 49.1 Å². The molecule has 2 aromatic rings. The Morgan fingerprint density at radius 1 is 1.07 bits per heavy atom. The van der Waals surface area contributed by atoms with Gasteiger partial charge < -0.3 is 14.5 Å². The van der Waals surface area contributed by atoms with Crippen LogP contribution < -0.4 is 4.74 Å². The number of benzene rings is 2. The monoisotopic (exact) mass is 430 g/mol. The Balaban J connectivity index is 1.63. The lowest BCUT2D eigenvalue weighted by molar-refractivity contribution is -0.135. The molecule has 0 atom stereocenters. The van der Waals surface area contributed by atoms with Crippen molar-refractivity contribution in [2.45, 2.75) is 16.7 Å². The van der Waals surface area contributed by atoms with Crippen molar-refractivity contribution in [1.82, 2.24) is 9.80 Å². The Bertz CT molecular complexity index is 924. The molecule has 1 aliphatic heterocycles. The van der Waals surface area contributed by atoms with Gasteiger partial charge in [-0.3, -0.25) is 9.59 Å². The summed E-state index contributed by atoms with van der Waals surface area (Å²) in [4.78, 5) is 29.3. The van der Waals surface area contributed by atoms with E-state index in [2.05, 4.69) is 0 Å². The van der Waals surface area contributed by atoms with Crippen LogP contribution in [0, 0.1) is 0 Å². The highest BCUT2D eigenvalue weighted by Crippen LogP contribution is 2.36. The quantitative estimate of drug-likeness (QED) is 0.667. The average Bonchev–Trinajstić information content (AvgIpc) is 2.73. The second-order valence-electron chi connectivity index (χ2n) is 6.60. The fraction of sp³-hybridized carbons (Fsp3) is 0.273. The normalized spacial score (nSPS) is 14.3. The summed E-state index contributed by atoms with van der Waals surface area (Å²) in [6, 6.07) is 13.6. The van der Waals surface area contributed by atoms with E-state index < -0.39 is 0 Å². The van der Waals surface area contributed by atoms with Gasteiger partial charge in [-0.25, -0.2) is 0 Å². The molecule has 3 rings (SSSR count). The second kappa shape index (κ2) is 9.85. The first kappa shape index (κ1) is 21.3. The number of halogens is 1. The zero-order valence-corrected chi connectivity index (χ0v) is 18.0. The summed E-state index contributed by atoms with van der Waals surface area (Å²) in [5, 5.41) is 0.579. The van der Waals surface area contributed by atoms with E-state index in [1.807, 2.05) is 42.5 Å². The van der Waals surface area contributed by atoms with E-state index in [-0.39, 0.29) is 11.8 Å². The third-order valence-corrected chi connectivity index (χ3v) is 6.09. The average molecular weight is 431 g/mol. The summed E-state index contributed by atoms with van der Waals surface area (Å²) < 4.78 is 5.38. The van der Waals surface area contributed by atoms with Gasteiger partial charge >= 0.3 is 0 Å². The van der Waals surface area contributed by atoms with Gasteiger partial charge in [0.25, 0.3) is 0 Å². The fourth-order valence-corrected chi connectivity index (χ4v) is 4.32. The molecule has 0 spiro atoms. The highest BCUT2D eigenvalue weighted by molar-refractivity contribution is 7.99. The van der Waals surface area contributed by atoms with E-state index in [1.54, 1.807) is 41.7 Å². The van der Waals surface area contributed by atoms with Crippen LogP contribution in [0.25, 0.3) is 6.08 Å². The fourth-order valence-electron chi connectivity index (χ4n) is 3.04. The molecule has 5 nitrogen and oxygen atoms in total. The predicted molar refractivity (Wildman–Crippen MR) is 116 cm³/mol. The number of hydrogen-bond donors (Lipinski definition) is 0. The summed E-state index contributed by atoms with van der Waals surface area (Å²) in [5.74, 6) is 0.787. The number of ether oxygens (including phenoxy) is 1. The lowest BCUT2D eigenvalue weighted by Crippen LogP contribution is -2.49. The molecular formula is C22H23ClN2O3S. The number of hydrogen-bond acceptors (Lipinski definition) is 4. The molecule has 0 aromatic heterocycles. The molecule has 2 amide bonds. The highest BCUT2D eigenvalue weighted by atomic mass is 35.5. The first-order chi connectivity index (χ1) is 14.0. The molecule has 0 unspecified atom stereocenters. The van der Waals surface area contributed by atoms with Crippen LogP contribution >= 0.6 is 23.4 Å². The first-order valence-corrected chi connectivity index (χ1v) is 10.5. The molecule has 0 radical (unpaired) electrons. The molecular weight excluding hydrogens is 408 g/mol. The van der Waals surface area contributed by atoms with Gasteiger partial charge in [-0.15, -0.1) is 0 Å². The van der Waals surface area contributed by atoms with E-state index in [0.29, 0.717) is 31.2 Å². The predicted octanol–water partition coefficient (Wildman–Crippen LogP) is 4.20. The van der Waals surface area contributed by atoms with Crippen LogP contribution in [-0.4, -0.2) is 54.9 Å². The number of carbonyl (C=O) groups excluding carboxylic acids is 2. The Morgan fingerprint density at radius 3 is 2.41 bits per heavy atom. The Hall–Kier alpha value is -2.44. The lowest BCUT2D eigenvalue weighted by atomic mass is 10.2. The molecule has 0 aliphatic carbocycles. The molecule has 152 valence electrons. The number of para-hydroxylation sites is 1. The number of methoxy groups -OCH3 is 1. The number of rotatable bonds is 5. The maximum Gasteiger partial charge on any atom is 0.246 e. The molecule has 1 fully saturated rings. The minimum absolute atomic E-state index is 0.0468. The molecule has 29 heavy (non-hydrogen) atoms. The largest absolute Gasteiger partial charge is 0.496 e. The molecule has 1 aliphatic rings. The van der Waals surface area contributed by atoms with Crippen LogP contribution in [0.15, 0.2) is 58.3 Å². The van der Waals surface area contributed by atoms with E-state index >= 15 is 0 Å². The van der Waals surface area contributed by atoms with Crippen LogP contribution in [-0.2, 0) is 9.59 Å². The Labute approximate surface area is 180 Å². The molecule has 0 N–H and O–H groups in total. The smallest absolute Gasteiger partial charge is 0.246 e. The van der Waals surface area contributed by atoms with E-state index in [9.17, 15) is 9.59 Å². The molecule has 7 heteroatoms. The summed E-state index contributed by atoms with van der Waals surface area (Å²) in [7, 11) is 1.65. The Morgan fingerprint density at radius 2 is 1.76 bits per heavy atom. The SMILES string of the molecule is COc1ccccc1Sc1ccc(/C=C/C(=O)N2CCN(C(C)=O)CC2)c(Cl)c1. The van der Waals surface area contributed by atoms with Crippen LogP contribution in [0.5, 0.6) is 5.75 Å². The van der Waals surface area contributed by atoms with E-state index in [0.717, 1.165) is 21.1 Å². The van der Waals surface area contributed by atoms with Gasteiger partial charge in [-0.1, -0.05) is 41.6 Å². The minimum Gasteiger partial charge on any atom is -0.496 e.